The zero-order valence-corrected chi connectivity index (χ0v) is 21.3. The summed E-state index contributed by atoms with van der Waals surface area (Å²) in [5.74, 6) is -1.38. The number of hydrogen-bond acceptors (Lipinski definition) is 7. The van der Waals surface area contributed by atoms with E-state index in [1.165, 1.54) is 6.92 Å². The average molecular weight is 506 g/mol. The number of fused-ring (bicyclic) bond motifs is 2. The van der Waals surface area contributed by atoms with Gasteiger partial charge in [-0.2, -0.15) is 0 Å². The molecule has 1 saturated heterocycles. The fourth-order valence-electron chi connectivity index (χ4n) is 5.40. The summed E-state index contributed by atoms with van der Waals surface area (Å²) in [5.41, 5.74) is 0.330. The number of aliphatic hydroxyl groups excluding tert-OH is 2. The molecule has 0 saturated carbocycles. The minimum Gasteiger partial charge on any atom is -0.396 e. The molecule has 5 atom stereocenters. The second-order valence-electron chi connectivity index (χ2n) is 9.89. The van der Waals surface area contributed by atoms with Gasteiger partial charge in [0, 0.05) is 54.2 Å². The molecule has 1 spiro atoms. The fourth-order valence-corrected chi connectivity index (χ4v) is 7.94. The molecule has 2 aliphatic rings. The van der Waals surface area contributed by atoms with Crippen LogP contribution in [0, 0.1) is 5.92 Å². The molecule has 4 rings (SSSR count). The number of carbonyl (C=O) groups excluding carboxylic acids is 2. The topological polar surface area (TPSA) is 139 Å². The molecule has 12 heteroatoms. The molecular formula is C23H32FN5O5Si. The largest absolute Gasteiger partial charge is 0.396 e. The van der Waals surface area contributed by atoms with Crippen molar-refractivity contribution in [3.05, 3.63) is 35.7 Å². The zero-order chi connectivity index (χ0) is 25.5. The van der Waals surface area contributed by atoms with E-state index in [4.69, 9.17) is 9.84 Å². The highest BCUT2D eigenvalue weighted by Gasteiger charge is 2.65. The zero-order valence-electron chi connectivity index (χ0n) is 20.3. The molecule has 10 nitrogen and oxygen atoms in total. The lowest BCUT2D eigenvalue weighted by atomic mass is 9.82. The molecule has 1 aromatic heterocycles. The predicted octanol–water partition coefficient (Wildman–Crippen LogP) is 1.95. The van der Waals surface area contributed by atoms with Crippen LogP contribution in [0.5, 0.6) is 0 Å². The van der Waals surface area contributed by atoms with Gasteiger partial charge in [0.25, 0.3) is 11.8 Å². The van der Waals surface area contributed by atoms with Crippen LogP contribution in [0.25, 0.3) is 0 Å². The van der Waals surface area contributed by atoms with Gasteiger partial charge in [0.15, 0.2) is 5.60 Å². The van der Waals surface area contributed by atoms with Crippen molar-refractivity contribution < 1.29 is 28.6 Å². The third-order valence-corrected chi connectivity index (χ3v) is 9.42. The average Bonchev–Trinajstić information content (AvgIpc) is 3.42. The van der Waals surface area contributed by atoms with E-state index in [9.17, 15) is 14.7 Å². The van der Waals surface area contributed by atoms with E-state index in [0.29, 0.717) is 42.0 Å². The van der Waals surface area contributed by atoms with Crippen molar-refractivity contribution in [2.75, 3.05) is 17.2 Å². The van der Waals surface area contributed by atoms with Crippen LogP contribution >= 0.6 is 0 Å². The Morgan fingerprint density at radius 1 is 1.43 bits per heavy atom. The second kappa shape index (κ2) is 9.41. The Labute approximate surface area is 204 Å². The van der Waals surface area contributed by atoms with Crippen molar-refractivity contribution in [3.8, 4) is 0 Å². The molecule has 0 aliphatic carbocycles. The van der Waals surface area contributed by atoms with Crippen molar-refractivity contribution >= 4 is 31.6 Å². The number of benzene rings is 1. The van der Waals surface area contributed by atoms with E-state index >= 15 is 4.11 Å². The Morgan fingerprint density at radius 3 is 2.83 bits per heavy atom. The van der Waals surface area contributed by atoms with Gasteiger partial charge in [-0.25, -0.2) is 0 Å². The normalized spacial score (nSPS) is 26.6. The minimum atomic E-state index is -3.28. The van der Waals surface area contributed by atoms with Crippen molar-refractivity contribution in [2.45, 2.75) is 69.7 Å². The van der Waals surface area contributed by atoms with Crippen LogP contribution in [-0.2, 0) is 32.9 Å². The summed E-state index contributed by atoms with van der Waals surface area (Å²) in [6.45, 7) is 6.87. The Balaban J connectivity index is 1.65. The smallest absolute Gasteiger partial charge is 0.261 e. The number of carbonyl (C=O) groups is 2. The molecule has 1 fully saturated rings. The first-order valence-corrected chi connectivity index (χ1v) is 14.7. The molecule has 2 aliphatic heterocycles. The van der Waals surface area contributed by atoms with Gasteiger partial charge in [0.2, 0.25) is 8.41 Å². The number of anilines is 2. The Kier molecular flexibility index (Phi) is 6.84. The number of hydrogen-bond donors (Lipinski definition) is 4. The van der Waals surface area contributed by atoms with Crippen molar-refractivity contribution in [2.24, 2.45) is 5.92 Å². The molecule has 2 aromatic rings. The number of rotatable bonds is 8. The van der Waals surface area contributed by atoms with Crippen molar-refractivity contribution in [1.82, 2.24) is 15.0 Å². The lowest BCUT2D eigenvalue weighted by molar-refractivity contribution is -0.143. The first-order chi connectivity index (χ1) is 16.5. The highest BCUT2D eigenvalue weighted by Crippen LogP contribution is 2.59. The van der Waals surface area contributed by atoms with Crippen LogP contribution in [-0.4, -0.2) is 64.2 Å². The maximum atomic E-state index is 15.7. The van der Waals surface area contributed by atoms with Gasteiger partial charge in [0.05, 0.1) is 11.8 Å². The molecule has 3 heterocycles. The SMILES string of the molecule is C[C@H](O)C(=O)Nc1ccc2c(c1)[C@]1(O[C@@H](CCn3cc(CCO)nn3)[C@H]([Si](C)(C)F)[C@H]1C)C(=O)N2. The molecule has 4 N–H and O–H groups in total. The number of aliphatic hydroxyl groups is 2. The maximum absolute atomic E-state index is 15.7. The quantitative estimate of drug-likeness (QED) is 0.318. The summed E-state index contributed by atoms with van der Waals surface area (Å²) in [4.78, 5) is 25.4. The predicted molar refractivity (Wildman–Crippen MR) is 129 cm³/mol. The maximum Gasteiger partial charge on any atom is 0.261 e. The van der Waals surface area contributed by atoms with Crippen molar-refractivity contribution in [1.29, 1.82) is 0 Å². The van der Waals surface area contributed by atoms with Gasteiger partial charge in [-0.3, -0.25) is 14.3 Å². The van der Waals surface area contributed by atoms with Crippen LogP contribution < -0.4 is 10.6 Å². The third kappa shape index (κ3) is 4.62. The fraction of sp³-hybridized carbons (Fsp3) is 0.565. The number of amides is 2. The van der Waals surface area contributed by atoms with Gasteiger partial charge < -0.3 is 29.7 Å². The van der Waals surface area contributed by atoms with E-state index in [2.05, 4.69) is 20.9 Å². The number of nitrogens with zero attached hydrogens (tertiary/aromatic N) is 3. The molecule has 35 heavy (non-hydrogen) atoms. The molecule has 0 unspecified atom stereocenters. The van der Waals surface area contributed by atoms with Crippen LogP contribution in [0.3, 0.4) is 0 Å². The number of ether oxygens (including phenoxy) is 1. The van der Waals surface area contributed by atoms with Crippen molar-refractivity contribution in [3.63, 3.8) is 0 Å². The molecule has 0 bridgehead atoms. The summed E-state index contributed by atoms with van der Waals surface area (Å²) in [6.07, 6.45) is 0.847. The van der Waals surface area contributed by atoms with E-state index in [1.807, 2.05) is 6.92 Å². The number of nitrogens with one attached hydrogen (secondary N) is 2. The van der Waals surface area contributed by atoms with Crippen LogP contribution in [0.15, 0.2) is 24.4 Å². The number of aryl methyl sites for hydroxylation is 1. The van der Waals surface area contributed by atoms with Gasteiger partial charge >= 0.3 is 0 Å². The third-order valence-electron chi connectivity index (χ3n) is 6.96. The number of aromatic nitrogens is 3. The monoisotopic (exact) mass is 505 g/mol. The van der Waals surface area contributed by atoms with Gasteiger partial charge in [-0.1, -0.05) is 12.1 Å². The molecular weight excluding hydrogens is 473 g/mol. The number of halogens is 1. The first-order valence-electron chi connectivity index (χ1n) is 11.8. The highest BCUT2D eigenvalue weighted by molar-refractivity contribution is 6.72. The minimum absolute atomic E-state index is 0.0254. The van der Waals surface area contributed by atoms with Crippen LogP contribution in [0.1, 0.15) is 31.5 Å². The van der Waals surface area contributed by atoms with Gasteiger partial charge in [0.1, 0.15) is 6.10 Å². The summed E-state index contributed by atoms with van der Waals surface area (Å²) in [7, 11) is -3.28. The molecule has 2 amide bonds. The summed E-state index contributed by atoms with van der Waals surface area (Å²) < 4.78 is 23.8. The van der Waals surface area contributed by atoms with E-state index in [0.717, 1.165) is 0 Å². The van der Waals surface area contributed by atoms with Crippen LogP contribution in [0.2, 0.25) is 18.6 Å². The summed E-state index contributed by atoms with van der Waals surface area (Å²) in [6, 6.07) is 4.97. The molecule has 190 valence electrons. The summed E-state index contributed by atoms with van der Waals surface area (Å²) >= 11 is 0. The Morgan fingerprint density at radius 2 is 2.17 bits per heavy atom. The lowest BCUT2D eigenvalue weighted by Crippen LogP contribution is -2.42. The van der Waals surface area contributed by atoms with E-state index in [1.54, 1.807) is 42.2 Å². The Bertz CT molecular complexity index is 1120. The van der Waals surface area contributed by atoms with Crippen LogP contribution in [0.4, 0.5) is 15.5 Å². The Hall–Kier alpha value is -2.67. The second-order valence-corrected chi connectivity index (χ2v) is 13.7. The molecule has 0 radical (unpaired) electrons. The van der Waals surface area contributed by atoms with E-state index < -0.39 is 43.6 Å². The van der Waals surface area contributed by atoms with Gasteiger partial charge in [-0.15, -0.1) is 5.10 Å². The highest BCUT2D eigenvalue weighted by atomic mass is 28.4. The summed E-state index contributed by atoms with van der Waals surface area (Å²) in [5, 5.41) is 32.2. The molecule has 1 aromatic carbocycles. The standard InChI is InChI=1S/C23H32FN5O5Si/c1-13-20(35(3,4)24)19(7-9-29-12-16(8-10-30)27-28-29)34-23(13)17-11-15(25-21(32)14(2)31)5-6-18(17)26-22(23)33/h5-6,11-14,19-20,30-31H,7-10H2,1-4H3,(H,25,32)(H,26,33)/t13-,14+,19+,20-,23+/m1/s1. The first kappa shape index (κ1) is 25.4. The van der Waals surface area contributed by atoms with E-state index in [-0.39, 0.29) is 12.5 Å². The lowest BCUT2D eigenvalue weighted by Gasteiger charge is -2.30. The van der Waals surface area contributed by atoms with Gasteiger partial charge in [-0.05, 0) is 44.6 Å².